The summed E-state index contributed by atoms with van der Waals surface area (Å²) in [4.78, 5) is 32.1. The van der Waals surface area contributed by atoms with Gasteiger partial charge in [-0.2, -0.15) is 5.26 Å². The van der Waals surface area contributed by atoms with Gasteiger partial charge in [-0.15, -0.1) is 11.3 Å². The normalized spacial score (nSPS) is 12.5. The number of fused-ring (bicyclic) bond motifs is 1. The van der Waals surface area contributed by atoms with Gasteiger partial charge >= 0.3 is 6.03 Å². The lowest BCUT2D eigenvalue weighted by Crippen LogP contribution is -2.43. The predicted octanol–water partition coefficient (Wildman–Crippen LogP) is 3.24. The Bertz CT molecular complexity index is 1260. The van der Waals surface area contributed by atoms with Gasteiger partial charge in [-0.1, -0.05) is 18.2 Å². The van der Waals surface area contributed by atoms with E-state index in [1.165, 1.54) is 11.3 Å². The summed E-state index contributed by atoms with van der Waals surface area (Å²) in [6.07, 6.45) is 5.63. The van der Waals surface area contributed by atoms with Gasteiger partial charge in [-0.25, -0.2) is 9.78 Å². The maximum Gasteiger partial charge on any atom is 0.317 e. The quantitative estimate of drug-likeness (QED) is 0.501. The number of benzene rings is 1. The standard InChI is InChI=1S/C25H28N6O3S/c1-30-16-27-14-18(30)9-11-28-25(33)31-12-10-19-20(13-26)24(35-22(19)15-31)29-23(32)8-7-17-5-3-4-6-21(17)34-2/h3-6,14,16H,7-12,15H2,1-2H3,(H,28,33)(H,29,32). The van der Waals surface area contributed by atoms with Crippen LogP contribution in [0.15, 0.2) is 36.8 Å². The van der Waals surface area contributed by atoms with Gasteiger partial charge in [0.1, 0.15) is 16.8 Å². The number of methoxy groups -OCH3 is 1. The molecule has 9 nitrogen and oxygen atoms in total. The average Bonchev–Trinajstić information content (AvgIpc) is 3.44. The van der Waals surface area contributed by atoms with E-state index in [4.69, 9.17) is 4.74 Å². The molecule has 0 unspecified atom stereocenters. The number of imidazole rings is 1. The van der Waals surface area contributed by atoms with Crippen LogP contribution in [-0.4, -0.2) is 46.6 Å². The zero-order chi connectivity index (χ0) is 24.8. The Labute approximate surface area is 208 Å². The number of para-hydroxylation sites is 1. The van der Waals surface area contributed by atoms with Crippen LogP contribution < -0.4 is 15.4 Å². The molecule has 1 aliphatic heterocycles. The van der Waals surface area contributed by atoms with Gasteiger partial charge in [-0.3, -0.25) is 4.79 Å². The maximum atomic E-state index is 12.7. The van der Waals surface area contributed by atoms with Crippen LogP contribution in [0.1, 0.15) is 33.7 Å². The zero-order valence-electron chi connectivity index (χ0n) is 19.8. The number of nitriles is 1. The smallest absolute Gasteiger partial charge is 0.317 e. The molecular weight excluding hydrogens is 464 g/mol. The molecule has 35 heavy (non-hydrogen) atoms. The molecule has 0 aliphatic carbocycles. The van der Waals surface area contributed by atoms with Crippen LogP contribution in [-0.2, 0) is 37.6 Å². The molecule has 0 spiro atoms. The number of aryl methyl sites for hydroxylation is 2. The van der Waals surface area contributed by atoms with Crippen LogP contribution >= 0.6 is 11.3 Å². The number of thiophene rings is 1. The second-order valence-corrected chi connectivity index (χ2v) is 9.43. The molecule has 4 rings (SSSR count). The van der Waals surface area contributed by atoms with E-state index in [0.717, 1.165) is 27.4 Å². The minimum Gasteiger partial charge on any atom is -0.496 e. The van der Waals surface area contributed by atoms with Crippen LogP contribution in [0.5, 0.6) is 5.75 Å². The summed E-state index contributed by atoms with van der Waals surface area (Å²) in [5.41, 5.74) is 3.44. The number of carbonyl (C=O) groups excluding carboxylic acids is 2. The number of rotatable bonds is 8. The molecule has 3 amide bonds. The minimum absolute atomic E-state index is 0.132. The van der Waals surface area contributed by atoms with E-state index >= 15 is 0 Å². The number of anilines is 1. The van der Waals surface area contributed by atoms with Gasteiger partial charge in [-0.05, 0) is 30.0 Å². The van der Waals surface area contributed by atoms with Gasteiger partial charge in [0.05, 0.1) is 25.5 Å². The van der Waals surface area contributed by atoms with Gasteiger partial charge in [0, 0.05) is 49.7 Å². The first kappa shape index (κ1) is 24.3. The van der Waals surface area contributed by atoms with Crippen molar-refractivity contribution in [1.29, 1.82) is 5.26 Å². The highest BCUT2D eigenvalue weighted by molar-refractivity contribution is 7.16. The summed E-state index contributed by atoms with van der Waals surface area (Å²) >= 11 is 1.38. The summed E-state index contributed by atoms with van der Waals surface area (Å²) < 4.78 is 7.28. The fourth-order valence-electron chi connectivity index (χ4n) is 4.16. The van der Waals surface area contributed by atoms with Crippen molar-refractivity contribution in [2.75, 3.05) is 25.5 Å². The molecule has 0 saturated heterocycles. The minimum atomic E-state index is -0.157. The molecule has 10 heteroatoms. The molecule has 0 fully saturated rings. The van der Waals surface area contributed by atoms with Crippen LogP contribution in [0.4, 0.5) is 9.80 Å². The molecule has 3 aromatic rings. The Morgan fingerprint density at radius 2 is 2.11 bits per heavy atom. The molecule has 0 atom stereocenters. The van der Waals surface area contributed by atoms with E-state index in [2.05, 4.69) is 21.7 Å². The fourth-order valence-corrected chi connectivity index (χ4v) is 5.39. The molecule has 0 radical (unpaired) electrons. The topological polar surface area (TPSA) is 112 Å². The third-order valence-corrected chi connectivity index (χ3v) is 7.23. The van der Waals surface area contributed by atoms with E-state index in [0.29, 0.717) is 49.5 Å². The number of aromatic nitrogens is 2. The number of ether oxygens (including phenoxy) is 1. The summed E-state index contributed by atoms with van der Waals surface area (Å²) in [6, 6.07) is 9.73. The van der Waals surface area contributed by atoms with Crippen molar-refractivity contribution in [3.8, 4) is 11.8 Å². The number of urea groups is 1. The number of amides is 3. The summed E-state index contributed by atoms with van der Waals surface area (Å²) in [5.74, 6) is 0.596. The molecule has 2 N–H and O–H groups in total. The highest BCUT2D eigenvalue weighted by Crippen LogP contribution is 2.36. The third-order valence-electron chi connectivity index (χ3n) is 6.10. The number of nitrogens with one attached hydrogen (secondary N) is 2. The largest absolute Gasteiger partial charge is 0.496 e. The van der Waals surface area contributed by atoms with E-state index in [-0.39, 0.29) is 18.4 Å². The van der Waals surface area contributed by atoms with Crippen molar-refractivity contribution < 1.29 is 14.3 Å². The summed E-state index contributed by atoms with van der Waals surface area (Å²) in [7, 11) is 3.54. The lowest BCUT2D eigenvalue weighted by molar-refractivity contribution is -0.116. The zero-order valence-corrected chi connectivity index (χ0v) is 20.7. The Balaban J connectivity index is 1.34. The molecule has 2 aromatic heterocycles. The summed E-state index contributed by atoms with van der Waals surface area (Å²) in [6.45, 7) is 1.46. The van der Waals surface area contributed by atoms with Crippen LogP contribution in [0.3, 0.4) is 0 Å². The number of carbonyl (C=O) groups is 2. The van der Waals surface area contributed by atoms with Crippen LogP contribution in [0.25, 0.3) is 0 Å². The molecule has 0 saturated carbocycles. The second kappa shape index (κ2) is 11.1. The first-order chi connectivity index (χ1) is 17.0. The van der Waals surface area contributed by atoms with E-state index < -0.39 is 0 Å². The molecule has 1 aromatic carbocycles. The number of hydrogen-bond acceptors (Lipinski definition) is 6. The second-order valence-electron chi connectivity index (χ2n) is 8.33. The van der Waals surface area contributed by atoms with Crippen molar-refractivity contribution in [2.45, 2.75) is 32.2 Å². The molecule has 0 bridgehead atoms. The van der Waals surface area contributed by atoms with Crippen molar-refractivity contribution in [2.24, 2.45) is 7.05 Å². The SMILES string of the molecule is COc1ccccc1CCC(=O)Nc1sc2c(c1C#N)CCN(C(=O)NCCc1cncn1C)C2. The van der Waals surface area contributed by atoms with Crippen LogP contribution in [0.2, 0.25) is 0 Å². The first-order valence-corrected chi connectivity index (χ1v) is 12.3. The highest BCUT2D eigenvalue weighted by atomic mass is 32.1. The van der Waals surface area contributed by atoms with E-state index in [9.17, 15) is 14.9 Å². The van der Waals surface area contributed by atoms with Gasteiger partial charge < -0.3 is 24.8 Å². The Morgan fingerprint density at radius 1 is 1.29 bits per heavy atom. The van der Waals surface area contributed by atoms with Gasteiger partial charge in [0.15, 0.2) is 0 Å². The monoisotopic (exact) mass is 492 g/mol. The molecule has 1 aliphatic rings. The Kier molecular flexibility index (Phi) is 7.67. The maximum absolute atomic E-state index is 12.7. The Morgan fingerprint density at radius 3 is 2.86 bits per heavy atom. The van der Waals surface area contributed by atoms with E-state index in [1.807, 2.05) is 35.9 Å². The molecule has 182 valence electrons. The van der Waals surface area contributed by atoms with Gasteiger partial charge in [0.25, 0.3) is 0 Å². The average molecular weight is 493 g/mol. The molecule has 3 heterocycles. The molecular formula is C25H28N6O3S. The van der Waals surface area contributed by atoms with Crippen LogP contribution in [0, 0.1) is 11.3 Å². The first-order valence-electron chi connectivity index (χ1n) is 11.4. The lowest BCUT2D eigenvalue weighted by atomic mass is 10.0. The van der Waals surface area contributed by atoms with Crippen molar-refractivity contribution in [3.05, 3.63) is 64.1 Å². The van der Waals surface area contributed by atoms with Gasteiger partial charge in [0.2, 0.25) is 5.91 Å². The van der Waals surface area contributed by atoms with Crippen molar-refractivity contribution in [3.63, 3.8) is 0 Å². The number of hydrogen-bond donors (Lipinski definition) is 2. The number of nitrogens with zero attached hydrogens (tertiary/aromatic N) is 4. The van der Waals surface area contributed by atoms with Crippen molar-refractivity contribution in [1.82, 2.24) is 19.8 Å². The Hall–Kier alpha value is -3.84. The lowest BCUT2D eigenvalue weighted by Gasteiger charge is -2.27. The fraction of sp³-hybridized carbons (Fsp3) is 0.360. The summed E-state index contributed by atoms with van der Waals surface area (Å²) in [5, 5.41) is 16.2. The predicted molar refractivity (Wildman–Crippen MR) is 133 cm³/mol. The third kappa shape index (κ3) is 5.63. The highest BCUT2D eigenvalue weighted by Gasteiger charge is 2.27. The van der Waals surface area contributed by atoms with Crippen molar-refractivity contribution >= 4 is 28.3 Å². The van der Waals surface area contributed by atoms with E-state index in [1.54, 1.807) is 24.5 Å².